The lowest BCUT2D eigenvalue weighted by Gasteiger charge is -2.11. The van der Waals surface area contributed by atoms with Crippen LogP contribution in [-0.2, 0) is 19.1 Å². The van der Waals surface area contributed by atoms with Crippen LogP contribution in [0.5, 0.6) is 0 Å². The average Bonchev–Trinajstić information content (AvgIpc) is 2.49. The zero-order chi connectivity index (χ0) is 16.0. The van der Waals surface area contributed by atoms with Crippen molar-refractivity contribution in [2.24, 2.45) is 0 Å². The van der Waals surface area contributed by atoms with Crippen LogP contribution >= 0.6 is 27.5 Å². The Kier molecular flexibility index (Phi) is 6.21. The molecule has 0 bridgehead atoms. The van der Waals surface area contributed by atoms with Crippen molar-refractivity contribution >= 4 is 45.2 Å². The number of carbonyl (C=O) groups excluding carboxylic acids is 2. The maximum atomic E-state index is 11.6. The molecular formula is C13H10BrClN2O4. The van der Waals surface area contributed by atoms with Gasteiger partial charge < -0.3 is 14.8 Å². The molecule has 0 radical (unpaired) electrons. The van der Waals surface area contributed by atoms with Crippen LogP contribution in [-0.4, -0.2) is 26.2 Å². The van der Waals surface area contributed by atoms with Crippen LogP contribution in [0.4, 0.5) is 5.69 Å². The summed E-state index contributed by atoms with van der Waals surface area (Å²) in [5, 5.41) is 12.0. The van der Waals surface area contributed by atoms with Crippen molar-refractivity contribution < 1.29 is 19.1 Å². The molecule has 1 N–H and O–H groups in total. The van der Waals surface area contributed by atoms with Gasteiger partial charge in [-0.05, 0) is 28.1 Å². The van der Waals surface area contributed by atoms with Gasteiger partial charge in [0.15, 0.2) is 0 Å². The molecule has 8 heteroatoms. The Balaban J connectivity index is 3.26. The van der Waals surface area contributed by atoms with E-state index in [4.69, 9.17) is 16.9 Å². The summed E-state index contributed by atoms with van der Waals surface area (Å²) in [5.74, 6) is -1.53. The van der Waals surface area contributed by atoms with Gasteiger partial charge >= 0.3 is 11.9 Å². The Labute approximate surface area is 134 Å². The quantitative estimate of drug-likeness (QED) is 0.645. The van der Waals surface area contributed by atoms with Crippen molar-refractivity contribution in [2.45, 2.75) is 0 Å². The van der Waals surface area contributed by atoms with Crippen LogP contribution in [0, 0.1) is 11.3 Å². The fraction of sp³-hybridized carbons (Fsp3) is 0.154. The van der Waals surface area contributed by atoms with Gasteiger partial charge in [-0.2, -0.15) is 5.26 Å². The molecule has 110 valence electrons. The van der Waals surface area contributed by atoms with Crippen molar-refractivity contribution in [2.75, 3.05) is 19.5 Å². The van der Waals surface area contributed by atoms with Gasteiger partial charge in [0.25, 0.3) is 0 Å². The predicted octanol–water partition coefficient (Wildman–Crippen LogP) is 2.62. The molecule has 0 aliphatic rings. The third-order valence-electron chi connectivity index (χ3n) is 2.34. The van der Waals surface area contributed by atoms with Crippen molar-refractivity contribution in [3.05, 3.63) is 39.0 Å². The van der Waals surface area contributed by atoms with E-state index in [-0.39, 0.29) is 22.0 Å². The minimum absolute atomic E-state index is 0.116. The Hall–Kier alpha value is -2.04. The number of hydrogen-bond donors (Lipinski definition) is 1. The van der Waals surface area contributed by atoms with Gasteiger partial charge in [0, 0.05) is 4.47 Å². The molecule has 0 unspecified atom stereocenters. The Morgan fingerprint density at radius 3 is 2.57 bits per heavy atom. The summed E-state index contributed by atoms with van der Waals surface area (Å²) in [7, 11) is 2.33. The smallest absolute Gasteiger partial charge is 0.354 e. The minimum Gasteiger partial charge on any atom is -0.466 e. The number of benzene rings is 1. The summed E-state index contributed by atoms with van der Waals surface area (Å²) in [4.78, 5) is 22.9. The fourth-order valence-electron chi connectivity index (χ4n) is 1.34. The van der Waals surface area contributed by atoms with E-state index in [1.807, 2.05) is 6.07 Å². The zero-order valence-electron chi connectivity index (χ0n) is 11.1. The van der Waals surface area contributed by atoms with Gasteiger partial charge in [-0.15, -0.1) is 0 Å². The summed E-state index contributed by atoms with van der Waals surface area (Å²) < 4.78 is 9.54. The first-order chi connectivity index (χ1) is 9.94. The van der Waals surface area contributed by atoms with Crippen molar-refractivity contribution in [1.82, 2.24) is 0 Å². The van der Waals surface area contributed by atoms with E-state index in [9.17, 15) is 9.59 Å². The highest BCUT2D eigenvalue weighted by molar-refractivity contribution is 9.10. The van der Waals surface area contributed by atoms with Gasteiger partial charge in [0.1, 0.15) is 11.8 Å². The SMILES string of the molecule is COC(=O)/C=C(/Nc1ccc(Br)c(Cl)c1C#N)C(=O)OC. The topological polar surface area (TPSA) is 88.4 Å². The number of methoxy groups -OCH3 is 2. The molecule has 0 aliphatic heterocycles. The van der Waals surface area contributed by atoms with Crippen LogP contribution in [0.25, 0.3) is 0 Å². The first-order valence-electron chi connectivity index (χ1n) is 5.47. The maximum absolute atomic E-state index is 11.6. The van der Waals surface area contributed by atoms with E-state index in [0.29, 0.717) is 4.47 Å². The lowest BCUT2D eigenvalue weighted by molar-refractivity contribution is -0.138. The highest BCUT2D eigenvalue weighted by atomic mass is 79.9. The van der Waals surface area contributed by atoms with Crippen LogP contribution in [0.2, 0.25) is 5.02 Å². The van der Waals surface area contributed by atoms with E-state index < -0.39 is 11.9 Å². The molecule has 0 aliphatic carbocycles. The number of carbonyl (C=O) groups is 2. The van der Waals surface area contributed by atoms with Crippen molar-refractivity contribution in [3.8, 4) is 6.07 Å². The standard InChI is InChI=1S/C13H10BrClN2O4/c1-20-11(18)5-10(13(19)21-2)17-9-4-3-8(14)12(15)7(9)6-16/h3-5,17H,1-2H3/b10-5+. The molecule has 0 heterocycles. The molecule has 6 nitrogen and oxygen atoms in total. The zero-order valence-corrected chi connectivity index (χ0v) is 13.4. The molecule has 0 atom stereocenters. The summed E-state index contributed by atoms with van der Waals surface area (Å²) in [6.45, 7) is 0. The molecule has 0 saturated carbocycles. The minimum atomic E-state index is -0.789. The molecule has 0 amide bonds. The molecule has 1 aromatic rings. The number of anilines is 1. The van der Waals surface area contributed by atoms with Gasteiger partial charge in [-0.3, -0.25) is 0 Å². The normalized spacial score (nSPS) is 10.5. The molecule has 0 saturated heterocycles. The van der Waals surface area contributed by atoms with Crippen LogP contribution in [0.3, 0.4) is 0 Å². The predicted molar refractivity (Wildman–Crippen MR) is 79.6 cm³/mol. The Morgan fingerprint density at radius 1 is 1.38 bits per heavy atom. The second-order valence-electron chi connectivity index (χ2n) is 3.59. The molecular weight excluding hydrogens is 364 g/mol. The van der Waals surface area contributed by atoms with Crippen LogP contribution < -0.4 is 5.32 Å². The number of hydrogen-bond acceptors (Lipinski definition) is 6. The largest absolute Gasteiger partial charge is 0.466 e. The monoisotopic (exact) mass is 372 g/mol. The summed E-state index contributed by atoms with van der Waals surface area (Å²) >= 11 is 9.18. The number of halogens is 2. The van der Waals surface area contributed by atoms with E-state index in [2.05, 4.69) is 30.7 Å². The van der Waals surface area contributed by atoms with Gasteiger partial charge in [-0.1, -0.05) is 11.6 Å². The third-order valence-corrected chi connectivity index (χ3v) is 3.63. The number of nitriles is 1. The average molecular weight is 374 g/mol. The van der Waals surface area contributed by atoms with Crippen molar-refractivity contribution in [3.63, 3.8) is 0 Å². The lowest BCUT2D eigenvalue weighted by atomic mass is 10.2. The first kappa shape index (κ1) is 17.0. The van der Waals surface area contributed by atoms with Crippen LogP contribution in [0.15, 0.2) is 28.4 Å². The summed E-state index contributed by atoms with van der Waals surface area (Å²) in [5.41, 5.74) is 0.191. The lowest BCUT2D eigenvalue weighted by Crippen LogP contribution is -2.16. The molecule has 0 aromatic heterocycles. The maximum Gasteiger partial charge on any atom is 0.354 e. The second kappa shape index (κ2) is 7.67. The Morgan fingerprint density at radius 2 is 2.05 bits per heavy atom. The molecule has 21 heavy (non-hydrogen) atoms. The highest BCUT2D eigenvalue weighted by Crippen LogP contribution is 2.31. The summed E-state index contributed by atoms with van der Waals surface area (Å²) in [6.07, 6.45) is 0.920. The van der Waals surface area contributed by atoms with Crippen LogP contribution in [0.1, 0.15) is 5.56 Å². The van der Waals surface area contributed by atoms with Gasteiger partial charge in [-0.25, -0.2) is 9.59 Å². The van der Waals surface area contributed by atoms with Gasteiger partial charge in [0.2, 0.25) is 0 Å². The van der Waals surface area contributed by atoms with E-state index in [1.54, 1.807) is 6.07 Å². The number of rotatable bonds is 4. The number of nitrogens with one attached hydrogen (secondary N) is 1. The highest BCUT2D eigenvalue weighted by Gasteiger charge is 2.16. The first-order valence-corrected chi connectivity index (χ1v) is 6.64. The molecule has 0 spiro atoms. The Bertz CT molecular complexity index is 652. The number of esters is 2. The third kappa shape index (κ3) is 4.21. The van der Waals surface area contributed by atoms with E-state index in [1.165, 1.54) is 13.2 Å². The summed E-state index contributed by atoms with van der Waals surface area (Å²) in [6, 6.07) is 5.04. The van der Waals surface area contributed by atoms with E-state index >= 15 is 0 Å². The second-order valence-corrected chi connectivity index (χ2v) is 4.83. The number of nitrogens with zero attached hydrogens (tertiary/aromatic N) is 1. The number of ether oxygens (including phenoxy) is 2. The molecule has 1 rings (SSSR count). The van der Waals surface area contributed by atoms with E-state index in [0.717, 1.165) is 13.2 Å². The molecule has 0 fully saturated rings. The molecule has 1 aromatic carbocycles. The fourth-order valence-corrected chi connectivity index (χ4v) is 1.88. The van der Waals surface area contributed by atoms with Crippen molar-refractivity contribution in [1.29, 1.82) is 5.26 Å². The van der Waals surface area contributed by atoms with Gasteiger partial charge in [0.05, 0.1) is 36.6 Å².